The van der Waals surface area contributed by atoms with Gasteiger partial charge in [-0.05, 0) is 56.7 Å². The molecule has 2 atom stereocenters. The molecule has 158 valence electrons. The summed E-state index contributed by atoms with van der Waals surface area (Å²) in [6, 6.07) is 3.50. The van der Waals surface area contributed by atoms with Crippen LogP contribution >= 0.6 is 11.3 Å². The average molecular weight is 438 g/mol. The number of anilines is 1. The van der Waals surface area contributed by atoms with E-state index in [1.165, 1.54) is 21.9 Å². The maximum atomic E-state index is 13.6. The zero-order valence-electron chi connectivity index (χ0n) is 17.1. The van der Waals surface area contributed by atoms with Crippen molar-refractivity contribution < 1.29 is 17.9 Å². The third-order valence-corrected chi connectivity index (χ3v) is 7.95. The number of sulfonamides is 1. The van der Waals surface area contributed by atoms with E-state index in [0.717, 1.165) is 34.2 Å². The largest absolute Gasteiger partial charge is 0.376 e. The van der Waals surface area contributed by atoms with Gasteiger partial charge in [0.05, 0.1) is 29.1 Å². The Labute approximate surface area is 175 Å². The highest BCUT2D eigenvalue weighted by molar-refractivity contribution is 7.88. The summed E-state index contributed by atoms with van der Waals surface area (Å²) in [4.78, 5) is 20.0. The molecule has 0 bridgehead atoms. The number of carbonyl (C=O) groups excluding carboxylic acids is 1. The predicted octanol–water partition coefficient (Wildman–Crippen LogP) is 2.85. The molecule has 2 fully saturated rings. The number of aryl methyl sites for hydroxylation is 2. The second-order valence-electron chi connectivity index (χ2n) is 8.04. The van der Waals surface area contributed by atoms with Crippen LogP contribution in [-0.4, -0.2) is 61.7 Å². The molecule has 0 saturated carbocycles. The van der Waals surface area contributed by atoms with E-state index in [2.05, 4.69) is 12.1 Å². The number of nitrogens with zero attached hydrogens (tertiary/aromatic N) is 3. The lowest BCUT2D eigenvalue weighted by Crippen LogP contribution is -2.49. The van der Waals surface area contributed by atoms with Crippen molar-refractivity contribution in [1.82, 2.24) is 9.29 Å². The molecule has 3 heterocycles. The van der Waals surface area contributed by atoms with Crippen molar-refractivity contribution in [1.29, 1.82) is 0 Å². The van der Waals surface area contributed by atoms with Gasteiger partial charge in [0.15, 0.2) is 5.13 Å². The van der Waals surface area contributed by atoms with E-state index < -0.39 is 16.1 Å². The minimum Gasteiger partial charge on any atom is -0.376 e. The Morgan fingerprint density at radius 2 is 2.10 bits per heavy atom. The second-order valence-corrected chi connectivity index (χ2v) is 11.0. The standard InChI is InChI=1S/C20H27N3O4S2/c1-13-10-14(2)18-17(11-13)28-20(21-18)22(12-15-6-5-9-27-15)19(24)16-7-4-8-23(16)29(3,25)26/h10-11,15-16H,4-9,12H2,1-3H3. The average Bonchev–Trinajstić information content (AvgIpc) is 3.37. The van der Waals surface area contributed by atoms with E-state index in [9.17, 15) is 13.2 Å². The summed E-state index contributed by atoms with van der Waals surface area (Å²) >= 11 is 1.48. The molecular weight excluding hydrogens is 410 g/mol. The van der Waals surface area contributed by atoms with Crippen molar-refractivity contribution in [2.24, 2.45) is 0 Å². The molecule has 1 amide bonds. The molecule has 1 aromatic carbocycles. The molecule has 29 heavy (non-hydrogen) atoms. The lowest BCUT2D eigenvalue weighted by atomic mass is 10.1. The van der Waals surface area contributed by atoms with Gasteiger partial charge in [-0.1, -0.05) is 17.4 Å². The summed E-state index contributed by atoms with van der Waals surface area (Å²) in [5.41, 5.74) is 3.12. The Kier molecular flexibility index (Phi) is 5.67. The fraction of sp³-hybridized carbons (Fsp3) is 0.600. The molecule has 1 aromatic heterocycles. The molecule has 2 saturated heterocycles. The first kappa shape index (κ1) is 20.7. The van der Waals surface area contributed by atoms with Crippen LogP contribution in [0.2, 0.25) is 0 Å². The zero-order chi connectivity index (χ0) is 20.8. The van der Waals surface area contributed by atoms with Gasteiger partial charge in [-0.2, -0.15) is 4.31 Å². The quantitative estimate of drug-likeness (QED) is 0.719. The first-order valence-electron chi connectivity index (χ1n) is 10.0. The van der Waals surface area contributed by atoms with Crippen molar-refractivity contribution >= 4 is 42.6 Å². The topological polar surface area (TPSA) is 79.8 Å². The van der Waals surface area contributed by atoms with Crippen LogP contribution in [0.4, 0.5) is 5.13 Å². The van der Waals surface area contributed by atoms with Crippen LogP contribution in [0, 0.1) is 13.8 Å². The molecule has 2 aromatic rings. The van der Waals surface area contributed by atoms with Crippen LogP contribution < -0.4 is 4.90 Å². The monoisotopic (exact) mass is 437 g/mol. The number of fused-ring (bicyclic) bond motifs is 1. The molecule has 2 aliphatic rings. The van der Waals surface area contributed by atoms with Gasteiger partial charge in [0, 0.05) is 13.2 Å². The Hall–Kier alpha value is -1.55. The molecule has 0 radical (unpaired) electrons. The maximum Gasteiger partial charge on any atom is 0.247 e. The van der Waals surface area contributed by atoms with E-state index in [-0.39, 0.29) is 12.0 Å². The number of amides is 1. The molecule has 7 nitrogen and oxygen atoms in total. The Morgan fingerprint density at radius 1 is 1.31 bits per heavy atom. The number of thiazole rings is 1. The Bertz CT molecular complexity index is 1030. The lowest BCUT2D eigenvalue weighted by molar-refractivity contribution is -0.122. The predicted molar refractivity (Wildman–Crippen MR) is 115 cm³/mol. The zero-order valence-corrected chi connectivity index (χ0v) is 18.7. The summed E-state index contributed by atoms with van der Waals surface area (Å²) in [6.07, 6.45) is 4.23. The van der Waals surface area contributed by atoms with Crippen LogP contribution in [0.3, 0.4) is 0 Å². The van der Waals surface area contributed by atoms with Gasteiger partial charge in [0.2, 0.25) is 15.9 Å². The lowest BCUT2D eigenvalue weighted by Gasteiger charge is -2.29. The van der Waals surface area contributed by atoms with Gasteiger partial charge in [0.25, 0.3) is 0 Å². The summed E-state index contributed by atoms with van der Waals surface area (Å²) in [5.74, 6) is -0.197. The third kappa shape index (κ3) is 4.19. The first-order valence-corrected chi connectivity index (χ1v) is 12.7. The van der Waals surface area contributed by atoms with E-state index in [1.807, 2.05) is 13.8 Å². The van der Waals surface area contributed by atoms with Gasteiger partial charge in [-0.25, -0.2) is 13.4 Å². The SMILES string of the molecule is Cc1cc(C)c2nc(N(CC3CCCO3)C(=O)C3CCCN3S(C)(=O)=O)sc2c1. The number of carbonyl (C=O) groups is 1. The fourth-order valence-electron chi connectivity index (χ4n) is 4.29. The van der Waals surface area contributed by atoms with Crippen LogP contribution in [0.5, 0.6) is 0 Å². The summed E-state index contributed by atoms with van der Waals surface area (Å²) in [5, 5.41) is 0.620. The normalized spacial score (nSPS) is 23.1. The smallest absolute Gasteiger partial charge is 0.247 e. The summed E-state index contributed by atoms with van der Waals surface area (Å²) < 4.78 is 32.5. The number of aromatic nitrogens is 1. The Balaban J connectivity index is 1.71. The molecule has 0 spiro atoms. The highest BCUT2D eigenvalue weighted by atomic mass is 32.2. The summed E-state index contributed by atoms with van der Waals surface area (Å²) in [6.45, 7) is 5.56. The molecule has 2 unspecified atom stereocenters. The molecule has 4 rings (SSSR count). The van der Waals surface area contributed by atoms with E-state index in [4.69, 9.17) is 9.72 Å². The van der Waals surface area contributed by atoms with Crippen LogP contribution in [0.15, 0.2) is 12.1 Å². The minimum absolute atomic E-state index is 0.0399. The number of hydrogen-bond donors (Lipinski definition) is 0. The van der Waals surface area contributed by atoms with Crippen molar-refractivity contribution in [3.8, 4) is 0 Å². The van der Waals surface area contributed by atoms with Crippen LogP contribution in [0.25, 0.3) is 10.2 Å². The second kappa shape index (κ2) is 7.94. The van der Waals surface area contributed by atoms with Gasteiger partial charge >= 0.3 is 0 Å². The van der Waals surface area contributed by atoms with Crippen molar-refractivity contribution in [2.45, 2.75) is 51.7 Å². The minimum atomic E-state index is -3.44. The van der Waals surface area contributed by atoms with Crippen LogP contribution in [-0.2, 0) is 19.6 Å². The first-order chi connectivity index (χ1) is 13.7. The van der Waals surface area contributed by atoms with Crippen molar-refractivity contribution in [3.63, 3.8) is 0 Å². The van der Waals surface area contributed by atoms with Gasteiger partial charge in [-0.3, -0.25) is 9.69 Å². The van der Waals surface area contributed by atoms with Crippen molar-refractivity contribution in [3.05, 3.63) is 23.3 Å². The fourth-order valence-corrected chi connectivity index (χ4v) is 6.57. The van der Waals surface area contributed by atoms with E-state index >= 15 is 0 Å². The van der Waals surface area contributed by atoms with E-state index in [1.54, 1.807) is 4.90 Å². The number of benzene rings is 1. The molecule has 2 aliphatic heterocycles. The molecular formula is C20H27N3O4S2. The molecule has 9 heteroatoms. The van der Waals surface area contributed by atoms with Gasteiger partial charge < -0.3 is 4.74 Å². The highest BCUT2D eigenvalue weighted by Crippen LogP contribution is 2.34. The third-order valence-electron chi connectivity index (χ3n) is 5.64. The number of ether oxygens (including phenoxy) is 1. The Morgan fingerprint density at radius 3 is 2.79 bits per heavy atom. The van der Waals surface area contributed by atoms with Crippen LogP contribution in [0.1, 0.15) is 36.8 Å². The van der Waals surface area contributed by atoms with Gasteiger partial charge in [0.1, 0.15) is 6.04 Å². The summed E-state index contributed by atoms with van der Waals surface area (Å²) in [7, 11) is -3.44. The van der Waals surface area contributed by atoms with E-state index in [0.29, 0.717) is 37.7 Å². The highest BCUT2D eigenvalue weighted by Gasteiger charge is 2.40. The molecule has 0 aliphatic carbocycles. The molecule has 0 N–H and O–H groups in total. The van der Waals surface area contributed by atoms with Gasteiger partial charge in [-0.15, -0.1) is 0 Å². The maximum absolute atomic E-state index is 13.6. The van der Waals surface area contributed by atoms with Crippen molar-refractivity contribution in [2.75, 3.05) is 30.9 Å². The number of rotatable bonds is 5. The number of hydrogen-bond acceptors (Lipinski definition) is 6.